The number of para-hydroxylation sites is 1. The second kappa shape index (κ2) is 7.98. The van der Waals surface area contributed by atoms with Gasteiger partial charge in [0.25, 0.3) is 0 Å². The number of quaternary nitrogens is 1. The molecule has 1 aliphatic heterocycles. The van der Waals surface area contributed by atoms with E-state index in [-0.39, 0.29) is 6.04 Å². The highest BCUT2D eigenvalue weighted by atomic mass is 16.5. The van der Waals surface area contributed by atoms with Crippen molar-refractivity contribution in [2.24, 2.45) is 0 Å². The number of methoxy groups -OCH3 is 1. The number of rotatable bonds is 6. The molecule has 0 saturated carbocycles. The zero-order valence-corrected chi connectivity index (χ0v) is 16.6. The first-order valence-electron chi connectivity index (χ1n) is 9.83. The van der Waals surface area contributed by atoms with Crippen LogP contribution < -0.4 is 19.5 Å². The molecule has 0 unspecified atom stereocenters. The van der Waals surface area contributed by atoms with E-state index in [9.17, 15) is 0 Å². The molecule has 2 heterocycles. The van der Waals surface area contributed by atoms with Crippen molar-refractivity contribution in [3.63, 3.8) is 0 Å². The largest absolute Gasteiger partial charge is 0.496 e. The lowest BCUT2D eigenvalue weighted by Gasteiger charge is -2.17. The van der Waals surface area contributed by atoms with Gasteiger partial charge in [-0.15, -0.1) is 0 Å². The van der Waals surface area contributed by atoms with Crippen molar-refractivity contribution in [1.82, 2.24) is 4.57 Å². The lowest BCUT2D eigenvalue weighted by Crippen LogP contribution is -2.83. The van der Waals surface area contributed by atoms with Crippen molar-refractivity contribution in [1.29, 1.82) is 0 Å². The minimum absolute atomic E-state index is 0.143. The van der Waals surface area contributed by atoms with E-state index in [2.05, 4.69) is 52.5 Å². The summed E-state index contributed by atoms with van der Waals surface area (Å²) in [4.78, 5) is 0. The Hall–Kier alpha value is -2.92. The third-order valence-corrected chi connectivity index (χ3v) is 5.15. The molecule has 0 bridgehead atoms. The van der Waals surface area contributed by atoms with Gasteiger partial charge in [0.1, 0.15) is 12.3 Å². The highest BCUT2D eigenvalue weighted by molar-refractivity contribution is 5.56. The molecule has 146 valence electrons. The molecule has 2 N–H and O–H groups in total. The average molecular weight is 379 g/mol. The van der Waals surface area contributed by atoms with Crippen molar-refractivity contribution in [3.8, 4) is 22.9 Å². The van der Waals surface area contributed by atoms with Gasteiger partial charge >= 0.3 is 0 Å². The summed E-state index contributed by atoms with van der Waals surface area (Å²) in [7, 11) is 1.73. The van der Waals surface area contributed by atoms with Crippen LogP contribution in [0.25, 0.3) is 5.69 Å². The zero-order chi connectivity index (χ0) is 19.5. The lowest BCUT2D eigenvalue weighted by atomic mass is 10.0. The first kappa shape index (κ1) is 18.4. The molecule has 0 amide bonds. The zero-order valence-electron chi connectivity index (χ0n) is 16.6. The molecule has 5 heteroatoms. The Morgan fingerprint density at radius 1 is 0.964 bits per heavy atom. The van der Waals surface area contributed by atoms with Gasteiger partial charge in [-0.25, -0.2) is 0 Å². The Balaban J connectivity index is 1.83. The first-order chi connectivity index (χ1) is 13.8. The molecule has 0 aliphatic carbocycles. The van der Waals surface area contributed by atoms with Gasteiger partial charge < -0.3 is 24.1 Å². The number of aromatic nitrogens is 1. The van der Waals surface area contributed by atoms with Gasteiger partial charge in [0.05, 0.1) is 37.3 Å². The van der Waals surface area contributed by atoms with Gasteiger partial charge in [0, 0.05) is 17.8 Å². The third kappa shape index (κ3) is 3.22. The quantitative estimate of drug-likeness (QED) is 0.714. The Kier molecular flexibility index (Phi) is 5.26. The van der Waals surface area contributed by atoms with E-state index < -0.39 is 0 Å². The summed E-state index contributed by atoms with van der Waals surface area (Å²) < 4.78 is 19.6. The normalized spacial score (nSPS) is 15.3. The van der Waals surface area contributed by atoms with Crippen molar-refractivity contribution >= 4 is 0 Å². The fourth-order valence-corrected chi connectivity index (χ4v) is 3.96. The van der Waals surface area contributed by atoms with Gasteiger partial charge in [-0.05, 0) is 44.2 Å². The average Bonchev–Trinajstić information content (AvgIpc) is 3.14. The standard InChI is InChI=1S/C23H26N2O3/c1-4-27-21-13-16-15-24-23(17-9-6-7-11-20(17)26-3)18-10-8-12-25(18)19(16)14-22(21)28-5-2/h6-14,23-24H,4-5,15H2,1-3H3/p+1/t23-/m1/s1. The van der Waals surface area contributed by atoms with Gasteiger partial charge in [0.2, 0.25) is 0 Å². The topological polar surface area (TPSA) is 49.2 Å². The van der Waals surface area contributed by atoms with Crippen LogP contribution >= 0.6 is 0 Å². The molecule has 5 nitrogen and oxygen atoms in total. The predicted molar refractivity (Wildman–Crippen MR) is 109 cm³/mol. The number of nitrogens with zero attached hydrogens (tertiary/aromatic N) is 1. The van der Waals surface area contributed by atoms with Gasteiger partial charge in [-0.1, -0.05) is 12.1 Å². The maximum Gasteiger partial charge on any atom is 0.163 e. The molecule has 0 saturated heterocycles. The summed E-state index contributed by atoms with van der Waals surface area (Å²) in [5, 5.41) is 2.35. The van der Waals surface area contributed by atoms with Crippen LogP contribution in [0.15, 0.2) is 54.7 Å². The van der Waals surface area contributed by atoms with Crippen molar-refractivity contribution in [3.05, 3.63) is 71.5 Å². The first-order valence-corrected chi connectivity index (χ1v) is 9.83. The number of hydrogen-bond acceptors (Lipinski definition) is 3. The second-order valence-electron chi connectivity index (χ2n) is 6.76. The molecule has 1 aliphatic rings. The van der Waals surface area contributed by atoms with E-state index in [1.807, 2.05) is 26.0 Å². The summed E-state index contributed by atoms with van der Waals surface area (Å²) in [5.41, 5.74) is 4.75. The fourth-order valence-electron chi connectivity index (χ4n) is 3.96. The molecule has 1 aromatic heterocycles. The molecular formula is C23H27N2O3+. The van der Waals surface area contributed by atoms with Crippen LogP contribution in [0.4, 0.5) is 0 Å². The Morgan fingerprint density at radius 2 is 1.71 bits per heavy atom. The number of ether oxygens (including phenoxy) is 3. The maximum atomic E-state index is 5.87. The van der Waals surface area contributed by atoms with Crippen LogP contribution in [0.3, 0.4) is 0 Å². The van der Waals surface area contributed by atoms with Crippen LogP contribution in [-0.4, -0.2) is 24.9 Å². The highest BCUT2D eigenvalue weighted by Gasteiger charge is 2.29. The number of nitrogens with two attached hydrogens (primary N) is 1. The minimum atomic E-state index is 0.143. The molecule has 4 rings (SSSR count). The van der Waals surface area contributed by atoms with E-state index in [0.29, 0.717) is 13.2 Å². The van der Waals surface area contributed by atoms with E-state index in [0.717, 1.165) is 29.5 Å². The summed E-state index contributed by atoms with van der Waals surface area (Å²) in [5.74, 6) is 2.51. The Bertz CT molecular complexity index is 964. The molecule has 3 aromatic rings. The molecule has 0 radical (unpaired) electrons. The van der Waals surface area contributed by atoms with Crippen molar-refractivity contribution in [2.45, 2.75) is 26.4 Å². The summed E-state index contributed by atoms with van der Waals surface area (Å²) in [6.07, 6.45) is 2.12. The molecule has 0 fully saturated rings. The van der Waals surface area contributed by atoms with E-state index in [1.54, 1.807) is 7.11 Å². The monoisotopic (exact) mass is 379 g/mol. The summed E-state index contributed by atoms with van der Waals surface area (Å²) >= 11 is 0. The van der Waals surface area contributed by atoms with Gasteiger partial charge in [-0.2, -0.15) is 0 Å². The third-order valence-electron chi connectivity index (χ3n) is 5.15. The second-order valence-corrected chi connectivity index (χ2v) is 6.76. The number of hydrogen-bond donors (Lipinski definition) is 1. The van der Waals surface area contributed by atoms with E-state index in [4.69, 9.17) is 14.2 Å². The molecule has 0 spiro atoms. The van der Waals surface area contributed by atoms with Gasteiger partial charge in [-0.3, -0.25) is 0 Å². The van der Waals surface area contributed by atoms with E-state index in [1.165, 1.54) is 16.8 Å². The molecular weight excluding hydrogens is 352 g/mol. The van der Waals surface area contributed by atoms with Crippen molar-refractivity contribution < 1.29 is 19.5 Å². The van der Waals surface area contributed by atoms with Crippen molar-refractivity contribution in [2.75, 3.05) is 20.3 Å². The minimum Gasteiger partial charge on any atom is -0.496 e. The van der Waals surface area contributed by atoms with Crippen LogP contribution in [0.2, 0.25) is 0 Å². The summed E-state index contributed by atoms with van der Waals surface area (Å²) in [6.45, 7) is 6.05. The fraction of sp³-hybridized carbons (Fsp3) is 0.304. The van der Waals surface area contributed by atoms with Crippen LogP contribution in [-0.2, 0) is 6.54 Å². The number of fused-ring (bicyclic) bond motifs is 3. The summed E-state index contributed by atoms with van der Waals surface area (Å²) in [6, 6.07) is 16.9. The van der Waals surface area contributed by atoms with Crippen LogP contribution in [0, 0.1) is 0 Å². The van der Waals surface area contributed by atoms with Gasteiger partial charge in [0.15, 0.2) is 17.5 Å². The predicted octanol–water partition coefficient (Wildman–Crippen LogP) is 3.45. The molecule has 28 heavy (non-hydrogen) atoms. The smallest absolute Gasteiger partial charge is 0.163 e. The highest BCUT2D eigenvalue weighted by Crippen LogP contribution is 2.37. The molecule has 1 atom stereocenters. The lowest BCUT2D eigenvalue weighted by molar-refractivity contribution is -0.702. The van der Waals surface area contributed by atoms with E-state index >= 15 is 0 Å². The van der Waals surface area contributed by atoms with Crippen LogP contribution in [0.5, 0.6) is 17.2 Å². The SMILES string of the molecule is CCOc1cc2c(cc1OCC)-n1cccc1[C@@H](c1ccccc1OC)[NH2+]C2. The van der Waals surface area contributed by atoms with Crippen LogP contribution in [0.1, 0.15) is 36.7 Å². The maximum absolute atomic E-state index is 5.87. The molecule has 2 aromatic carbocycles. The number of benzene rings is 2. The Labute approximate surface area is 165 Å². The Morgan fingerprint density at radius 3 is 2.46 bits per heavy atom.